The van der Waals surface area contributed by atoms with Crippen LogP contribution >= 0.6 is 23.4 Å². The number of thioether (sulfide) groups is 1. The molecule has 0 atom stereocenters. The number of carbonyl (C=O) groups excluding carboxylic acids is 1. The number of amides is 1. The fourth-order valence-electron chi connectivity index (χ4n) is 3.16. The van der Waals surface area contributed by atoms with Crippen LogP contribution in [0.2, 0.25) is 5.02 Å². The summed E-state index contributed by atoms with van der Waals surface area (Å²) >= 11 is 7.01. The minimum absolute atomic E-state index is 0.163. The molecule has 1 aliphatic rings. The van der Waals surface area contributed by atoms with E-state index in [1.54, 1.807) is 24.3 Å². The Kier molecular flexibility index (Phi) is 6.36. The summed E-state index contributed by atoms with van der Waals surface area (Å²) in [5.74, 6) is 1.18. The summed E-state index contributed by atoms with van der Waals surface area (Å²) in [6, 6.07) is 13.1. The zero-order valence-electron chi connectivity index (χ0n) is 15.7. The summed E-state index contributed by atoms with van der Waals surface area (Å²) in [5, 5.41) is 11.7. The molecular formula is C21H20ClN3O3S. The number of aryl methyl sites for hydroxylation is 2. The normalized spacial score (nSPS) is 13.0. The first kappa shape index (κ1) is 19.8. The molecule has 0 saturated heterocycles. The molecule has 0 bridgehead atoms. The van der Waals surface area contributed by atoms with E-state index in [1.165, 1.54) is 35.7 Å². The van der Waals surface area contributed by atoms with Gasteiger partial charge >= 0.3 is 0 Å². The van der Waals surface area contributed by atoms with Crippen LogP contribution in [-0.2, 0) is 24.2 Å². The van der Waals surface area contributed by atoms with E-state index in [1.807, 2.05) is 6.07 Å². The minimum atomic E-state index is -0.164. The van der Waals surface area contributed by atoms with Gasteiger partial charge in [0.25, 0.3) is 11.1 Å². The molecule has 3 aromatic rings. The summed E-state index contributed by atoms with van der Waals surface area (Å²) < 4.78 is 11.3. The maximum Gasteiger partial charge on any atom is 0.277 e. The van der Waals surface area contributed by atoms with Gasteiger partial charge in [0.2, 0.25) is 5.91 Å². The molecule has 6 nitrogen and oxygen atoms in total. The zero-order chi connectivity index (χ0) is 20.1. The quantitative estimate of drug-likeness (QED) is 0.537. The highest BCUT2D eigenvalue weighted by Crippen LogP contribution is 2.26. The van der Waals surface area contributed by atoms with Crippen molar-refractivity contribution in [1.82, 2.24) is 10.2 Å². The van der Waals surface area contributed by atoms with Gasteiger partial charge < -0.3 is 14.5 Å². The van der Waals surface area contributed by atoms with Crippen LogP contribution in [0.4, 0.5) is 5.69 Å². The molecule has 1 heterocycles. The molecule has 0 aliphatic heterocycles. The van der Waals surface area contributed by atoms with Gasteiger partial charge in [-0.2, -0.15) is 0 Å². The van der Waals surface area contributed by atoms with Gasteiger partial charge in [-0.3, -0.25) is 4.79 Å². The Balaban J connectivity index is 1.25. The van der Waals surface area contributed by atoms with Crippen LogP contribution in [0.15, 0.2) is 52.1 Å². The SMILES string of the molecule is O=C(CSc1nnc(COc2ccc3c(c2)CCCC3)o1)Nc1ccc(Cl)cc1. The molecule has 0 spiro atoms. The Labute approximate surface area is 178 Å². The van der Waals surface area contributed by atoms with Crippen molar-refractivity contribution in [3.63, 3.8) is 0 Å². The monoisotopic (exact) mass is 429 g/mol. The summed E-state index contributed by atoms with van der Waals surface area (Å²) in [6.45, 7) is 0.198. The Hall–Kier alpha value is -2.51. The van der Waals surface area contributed by atoms with E-state index >= 15 is 0 Å². The van der Waals surface area contributed by atoms with Crippen molar-refractivity contribution in [1.29, 1.82) is 0 Å². The Morgan fingerprint density at radius 1 is 1.10 bits per heavy atom. The molecule has 4 rings (SSSR count). The number of halogens is 1. The number of nitrogens with one attached hydrogen (secondary N) is 1. The van der Waals surface area contributed by atoms with E-state index in [-0.39, 0.29) is 18.3 Å². The van der Waals surface area contributed by atoms with Gasteiger partial charge in [0.15, 0.2) is 6.61 Å². The fraction of sp³-hybridized carbons (Fsp3) is 0.286. The first-order valence-corrected chi connectivity index (χ1v) is 10.8. The second kappa shape index (κ2) is 9.33. The Bertz CT molecular complexity index is 991. The number of hydrogen-bond acceptors (Lipinski definition) is 6. The van der Waals surface area contributed by atoms with Crippen LogP contribution in [0.25, 0.3) is 0 Å². The van der Waals surface area contributed by atoms with Gasteiger partial charge in [0, 0.05) is 10.7 Å². The number of rotatable bonds is 7. The van der Waals surface area contributed by atoms with Gasteiger partial charge in [0.1, 0.15) is 5.75 Å². The predicted octanol–water partition coefficient (Wildman–Crippen LogP) is 4.91. The molecule has 1 amide bonds. The molecule has 0 fully saturated rings. The lowest BCUT2D eigenvalue weighted by Crippen LogP contribution is -2.13. The minimum Gasteiger partial charge on any atom is -0.484 e. The summed E-state index contributed by atoms with van der Waals surface area (Å²) in [6.07, 6.45) is 4.73. The highest BCUT2D eigenvalue weighted by Gasteiger charge is 2.12. The van der Waals surface area contributed by atoms with E-state index in [4.69, 9.17) is 20.8 Å². The van der Waals surface area contributed by atoms with Crippen molar-refractivity contribution in [2.75, 3.05) is 11.1 Å². The summed E-state index contributed by atoms with van der Waals surface area (Å²) in [5.41, 5.74) is 3.46. The molecule has 2 aromatic carbocycles. The molecule has 0 radical (unpaired) electrons. The summed E-state index contributed by atoms with van der Waals surface area (Å²) in [4.78, 5) is 12.0. The zero-order valence-corrected chi connectivity index (χ0v) is 17.3. The van der Waals surface area contributed by atoms with Gasteiger partial charge in [-0.15, -0.1) is 10.2 Å². The average molecular weight is 430 g/mol. The number of carbonyl (C=O) groups is 1. The van der Waals surface area contributed by atoms with Crippen LogP contribution in [0.1, 0.15) is 29.9 Å². The second-order valence-electron chi connectivity index (χ2n) is 6.73. The molecule has 1 aromatic heterocycles. The second-order valence-corrected chi connectivity index (χ2v) is 8.09. The smallest absolute Gasteiger partial charge is 0.277 e. The average Bonchev–Trinajstić information content (AvgIpc) is 3.20. The number of ether oxygens (including phenoxy) is 1. The van der Waals surface area contributed by atoms with Crippen molar-refractivity contribution in [2.24, 2.45) is 0 Å². The lowest BCUT2D eigenvalue weighted by molar-refractivity contribution is -0.113. The molecular weight excluding hydrogens is 410 g/mol. The highest BCUT2D eigenvalue weighted by molar-refractivity contribution is 7.99. The number of anilines is 1. The fourth-order valence-corrected chi connectivity index (χ4v) is 3.86. The van der Waals surface area contributed by atoms with Crippen molar-refractivity contribution in [2.45, 2.75) is 37.5 Å². The highest BCUT2D eigenvalue weighted by atomic mass is 35.5. The van der Waals surface area contributed by atoms with E-state index in [0.717, 1.165) is 18.6 Å². The van der Waals surface area contributed by atoms with Crippen LogP contribution in [-0.4, -0.2) is 21.9 Å². The van der Waals surface area contributed by atoms with Crippen LogP contribution in [0.3, 0.4) is 0 Å². The molecule has 150 valence electrons. The summed E-state index contributed by atoms with van der Waals surface area (Å²) in [7, 11) is 0. The Morgan fingerprint density at radius 2 is 1.90 bits per heavy atom. The van der Waals surface area contributed by atoms with Gasteiger partial charge in [0.05, 0.1) is 5.75 Å². The van der Waals surface area contributed by atoms with E-state index < -0.39 is 0 Å². The van der Waals surface area contributed by atoms with E-state index in [0.29, 0.717) is 21.8 Å². The third kappa shape index (κ3) is 5.52. The number of nitrogens with zero attached hydrogens (tertiary/aromatic N) is 2. The predicted molar refractivity (Wildman–Crippen MR) is 113 cm³/mol. The first-order valence-electron chi connectivity index (χ1n) is 9.41. The van der Waals surface area contributed by atoms with Crippen molar-refractivity contribution >= 4 is 35.0 Å². The van der Waals surface area contributed by atoms with Crippen molar-refractivity contribution < 1.29 is 13.9 Å². The van der Waals surface area contributed by atoms with Crippen LogP contribution in [0.5, 0.6) is 5.75 Å². The largest absolute Gasteiger partial charge is 0.484 e. The third-order valence-corrected chi connectivity index (χ3v) is 5.66. The lowest BCUT2D eigenvalue weighted by atomic mass is 9.92. The number of fused-ring (bicyclic) bond motifs is 1. The Morgan fingerprint density at radius 3 is 2.72 bits per heavy atom. The van der Waals surface area contributed by atoms with E-state index in [9.17, 15) is 4.79 Å². The maximum atomic E-state index is 12.0. The third-order valence-electron chi connectivity index (χ3n) is 4.59. The molecule has 1 aliphatic carbocycles. The van der Waals surface area contributed by atoms with Gasteiger partial charge in [-0.25, -0.2) is 0 Å². The van der Waals surface area contributed by atoms with Crippen LogP contribution in [0, 0.1) is 0 Å². The molecule has 1 N–H and O–H groups in total. The molecule has 0 unspecified atom stereocenters. The molecule has 8 heteroatoms. The molecule has 0 saturated carbocycles. The van der Waals surface area contributed by atoms with E-state index in [2.05, 4.69) is 27.6 Å². The van der Waals surface area contributed by atoms with Gasteiger partial charge in [-0.1, -0.05) is 29.4 Å². The van der Waals surface area contributed by atoms with Gasteiger partial charge in [-0.05, 0) is 73.2 Å². The standard InChI is InChI=1S/C21H20ClN3O3S/c22-16-6-8-17(9-7-16)23-19(26)13-29-21-25-24-20(28-21)12-27-18-10-5-14-3-1-2-4-15(14)11-18/h5-11H,1-4,12-13H2,(H,23,26). The van der Waals surface area contributed by atoms with Crippen molar-refractivity contribution in [3.05, 3.63) is 64.5 Å². The molecule has 29 heavy (non-hydrogen) atoms. The number of benzene rings is 2. The lowest BCUT2D eigenvalue weighted by Gasteiger charge is -2.16. The maximum absolute atomic E-state index is 12.0. The number of hydrogen-bond donors (Lipinski definition) is 1. The first-order chi connectivity index (χ1) is 14.2. The topological polar surface area (TPSA) is 77.2 Å². The van der Waals surface area contributed by atoms with Crippen molar-refractivity contribution in [3.8, 4) is 5.75 Å². The van der Waals surface area contributed by atoms with Crippen LogP contribution < -0.4 is 10.1 Å². The number of aromatic nitrogens is 2.